The van der Waals surface area contributed by atoms with Crippen LogP contribution in [0.25, 0.3) is 0 Å². The lowest BCUT2D eigenvalue weighted by Crippen LogP contribution is -2.43. The molecule has 0 fully saturated rings. The van der Waals surface area contributed by atoms with Crippen LogP contribution in [0, 0.1) is 11.8 Å². The van der Waals surface area contributed by atoms with Crippen molar-refractivity contribution in [3.63, 3.8) is 0 Å². The number of nitrogens with two attached hydrogens (primary N) is 1. The highest BCUT2D eigenvalue weighted by Gasteiger charge is 2.28. The molecule has 0 spiro atoms. The van der Waals surface area contributed by atoms with Crippen LogP contribution in [0.5, 0.6) is 0 Å². The lowest BCUT2D eigenvalue weighted by atomic mass is 9.93. The summed E-state index contributed by atoms with van der Waals surface area (Å²) in [7, 11) is 0. The number of rotatable bonds is 2. The molecule has 1 aromatic rings. The van der Waals surface area contributed by atoms with E-state index < -0.39 is 0 Å². The molecule has 3 heteroatoms. The Hall–Kier alpha value is -1.35. The van der Waals surface area contributed by atoms with Crippen LogP contribution in [-0.2, 0) is 11.2 Å². The van der Waals surface area contributed by atoms with Crippen LogP contribution in [0.4, 0.5) is 5.69 Å². The van der Waals surface area contributed by atoms with Gasteiger partial charge in [-0.15, -0.1) is 0 Å². The molecule has 0 saturated heterocycles. The number of amides is 1. The van der Waals surface area contributed by atoms with E-state index >= 15 is 0 Å². The monoisotopic (exact) mass is 232 g/mol. The summed E-state index contributed by atoms with van der Waals surface area (Å²) >= 11 is 0. The molecule has 1 heterocycles. The second-order valence-corrected chi connectivity index (χ2v) is 5.02. The number of carbonyl (C=O) groups excluding carboxylic acids is 1. The van der Waals surface area contributed by atoms with Gasteiger partial charge >= 0.3 is 0 Å². The first-order valence-corrected chi connectivity index (χ1v) is 6.22. The molecule has 0 aromatic heterocycles. The Kier molecular flexibility index (Phi) is 3.48. The van der Waals surface area contributed by atoms with Gasteiger partial charge in [0.05, 0.1) is 0 Å². The van der Waals surface area contributed by atoms with E-state index in [2.05, 4.69) is 13.0 Å². The van der Waals surface area contributed by atoms with Gasteiger partial charge in [-0.2, -0.15) is 0 Å². The van der Waals surface area contributed by atoms with Gasteiger partial charge in [0.1, 0.15) is 0 Å². The second-order valence-electron chi connectivity index (χ2n) is 5.02. The smallest absolute Gasteiger partial charge is 0.231 e. The van der Waals surface area contributed by atoms with Crippen molar-refractivity contribution in [2.75, 3.05) is 18.0 Å². The molecule has 1 aromatic carbocycles. The molecule has 2 unspecified atom stereocenters. The molecule has 2 N–H and O–H groups in total. The third-order valence-corrected chi connectivity index (χ3v) is 3.39. The van der Waals surface area contributed by atoms with Crippen LogP contribution in [0.2, 0.25) is 0 Å². The Morgan fingerprint density at radius 1 is 1.53 bits per heavy atom. The minimum atomic E-state index is -0.103. The molecule has 2 atom stereocenters. The Balaban J connectivity index is 2.32. The topological polar surface area (TPSA) is 46.3 Å². The molecule has 1 aliphatic rings. The molecular weight excluding hydrogens is 212 g/mol. The highest BCUT2D eigenvalue weighted by Crippen LogP contribution is 2.30. The lowest BCUT2D eigenvalue weighted by Gasteiger charge is -2.34. The van der Waals surface area contributed by atoms with Gasteiger partial charge in [0.2, 0.25) is 5.91 Å². The average Bonchev–Trinajstić information content (AvgIpc) is 2.35. The first-order chi connectivity index (χ1) is 8.13. The quantitative estimate of drug-likeness (QED) is 0.845. The highest BCUT2D eigenvalue weighted by atomic mass is 16.2. The lowest BCUT2D eigenvalue weighted by molar-refractivity contribution is -0.121. The third kappa shape index (κ3) is 2.34. The van der Waals surface area contributed by atoms with Crippen molar-refractivity contribution < 1.29 is 4.79 Å². The molecule has 1 aliphatic heterocycles. The number of nitrogens with zero attached hydrogens (tertiary/aromatic N) is 1. The van der Waals surface area contributed by atoms with Crippen molar-refractivity contribution in [1.82, 2.24) is 0 Å². The molecule has 0 aliphatic carbocycles. The second kappa shape index (κ2) is 4.88. The van der Waals surface area contributed by atoms with Crippen LogP contribution < -0.4 is 10.6 Å². The Labute approximate surface area is 103 Å². The molecule has 2 rings (SSSR count). The fourth-order valence-electron chi connectivity index (χ4n) is 2.37. The van der Waals surface area contributed by atoms with E-state index in [0.717, 1.165) is 18.7 Å². The summed E-state index contributed by atoms with van der Waals surface area (Å²) in [6, 6.07) is 8.16. The number of anilines is 1. The number of fused-ring (bicyclic) bond motifs is 1. The minimum absolute atomic E-state index is 0.103. The number of carbonyl (C=O) groups is 1. The molecule has 17 heavy (non-hydrogen) atoms. The van der Waals surface area contributed by atoms with E-state index in [4.69, 9.17) is 5.73 Å². The molecule has 0 saturated carbocycles. The summed E-state index contributed by atoms with van der Waals surface area (Å²) < 4.78 is 0. The Bertz CT molecular complexity index is 416. The predicted molar refractivity (Wildman–Crippen MR) is 69.9 cm³/mol. The Morgan fingerprint density at radius 3 is 2.94 bits per heavy atom. The molecule has 0 radical (unpaired) electrons. The maximum atomic E-state index is 12.3. The summed E-state index contributed by atoms with van der Waals surface area (Å²) in [5.41, 5.74) is 7.92. The van der Waals surface area contributed by atoms with Gasteiger partial charge < -0.3 is 10.6 Å². The summed E-state index contributed by atoms with van der Waals surface area (Å²) in [6.45, 7) is 5.29. The highest BCUT2D eigenvalue weighted by molar-refractivity contribution is 5.96. The van der Waals surface area contributed by atoms with Gasteiger partial charge in [-0.3, -0.25) is 4.79 Å². The number of hydrogen-bond donors (Lipinski definition) is 1. The third-order valence-electron chi connectivity index (χ3n) is 3.39. The minimum Gasteiger partial charge on any atom is -0.330 e. The van der Waals surface area contributed by atoms with E-state index in [1.54, 1.807) is 0 Å². The van der Waals surface area contributed by atoms with Crippen molar-refractivity contribution in [2.45, 2.75) is 20.3 Å². The molecule has 92 valence electrons. The van der Waals surface area contributed by atoms with Crippen LogP contribution in [0.3, 0.4) is 0 Å². The fraction of sp³-hybridized carbons (Fsp3) is 0.500. The summed E-state index contributed by atoms with van der Waals surface area (Å²) in [4.78, 5) is 14.2. The van der Waals surface area contributed by atoms with Gasteiger partial charge in [0.25, 0.3) is 0 Å². The first-order valence-electron chi connectivity index (χ1n) is 6.22. The molecule has 1 amide bonds. The normalized spacial score (nSPS) is 20.9. The molecule has 0 bridgehead atoms. The van der Waals surface area contributed by atoms with E-state index in [1.165, 1.54) is 5.56 Å². The summed E-state index contributed by atoms with van der Waals surface area (Å²) in [6.07, 6.45) is 1.05. The van der Waals surface area contributed by atoms with Crippen LogP contribution >= 0.6 is 0 Å². The van der Waals surface area contributed by atoms with E-state index in [9.17, 15) is 4.79 Å². The van der Waals surface area contributed by atoms with Crippen LogP contribution in [0.15, 0.2) is 24.3 Å². The molecule has 3 nitrogen and oxygen atoms in total. The number of benzene rings is 1. The molecular formula is C14H20N2O. The van der Waals surface area contributed by atoms with Gasteiger partial charge in [-0.25, -0.2) is 0 Å². The zero-order valence-corrected chi connectivity index (χ0v) is 10.5. The standard InChI is InChI=1S/C14H20N2O/c1-10-7-12-5-3-4-6-13(12)16(9-10)14(17)11(2)8-15/h3-6,10-11H,7-9,15H2,1-2H3. The van der Waals surface area contributed by atoms with Crippen molar-refractivity contribution in [1.29, 1.82) is 0 Å². The van der Waals surface area contributed by atoms with Gasteiger partial charge in [0.15, 0.2) is 0 Å². The number of para-hydroxylation sites is 1. The van der Waals surface area contributed by atoms with Crippen LogP contribution in [-0.4, -0.2) is 19.0 Å². The van der Waals surface area contributed by atoms with E-state index in [1.807, 2.05) is 30.0 Å². The zero-order valence-electron chi connectivity index (χ0n) is 10.5. The maximum Gasteiger partial charge on any atom is 0.231 e. The maximum absolute atomic E-state index is 12.3. The van der Waals surface area contributed by atoms with Crippen molar-refractivity contribution in [2.24, 2.45) is 17.6 Å². The fourth-order valence-corrected chi connectivity index (χ4v) is 2.37. The van der Waals surface area contributed by atoms with Gasteiger partial charge in [0, 0.05) is 24.7 Å². The Morgan fingerprint density at radius 2 is 2.24 bits per heavy atom. The van der Waals surface area contributed by atoms with Gasteiger partial charge in [-0.1, -0.05) is 32.0 Å². The van der Waals surface area contributed by atoms with E-state index in [-0.39, 0.29) is 11.8 Å². The predicted octanol–water partition coefficient (Wildman–Crippen LogP) is 1.81. The number of hydrogen-bond acceptors (Lipinski definition) is 2. The van der Waals surface area contributed by atoms with Gasteiger partial charge in [-0.05, 0) is 24.0 Å². The SMILES string of the molecule is CC1Cc2ccccc2N(C(=O)C(C)CN)C1. The first kappa shape index (κ1) is 12.1. The van der Waals surface area contributed by atoms with Crippen molar-refractivity contribution in [3.8, 4) is 0 Å². The van der Waals surface area contributed by atoms with E-state index in [0.29, 0.717) is 12.5 Å². The summed E-state index contributed by atoms with van der Waals surface area (Å²) in [5.74, 6) is 0.554. The summed E-state index contributed by atoms with van der Waals surface area (Å²) in [5, 5.41) is 0. The average molecular weight is 232 g/mol. The largest absolute Gasteiger partial charge is 0.330 e. The van der Waals surface area contributed by atoms with Crippen molar-refractivity contribution >= 4 is 11.6 Å². The van der Waals surface area contributed by atoms with Crippen molar-refractivity contribution in [3.05, 3.63) is 29.8 Å². The van der Waals surface area contributed by atoms with Crippen LogP contribution in [0.1, 0.15) is 19.4 Å². The zero-order chi connectivity index (χ0) is 12.4.